The van der Waals surface area contributed by atoms with Crippen molar-refractivity contribution < 1.29 is 23.1 Å². The summed E-state index contributed by atoms with van der Waals surface area (Å²) in [6.07, 6.45) is -2.70. The van der Waals surface area contributed by atoms with Crippen molar-refractivity contribution in [2.45, 2.75) is 59.1 Å². The summed E-state index contributed by atoms with van der Waals surface area (Å²) in [5.74, 6) is -3.15. The molecule has 0 aliphatic heterocycles. The van der Waals surface area contributed by atoms with Gasteiger partial charge in [-0.05, 0) is 42.9 Å². The lowest BCUT2D eigenvalue weighted by molar-refractivity contribution is -0.199. The standard InChI is InChI=1S/C14H23F3O2/c1-13(2,3)10-6-4-9(5-7-10)11(8-12(18)19)14(15,16)17/h9-11H,4-8H2,1-3H3,(H,18,19). The van der Waals surface area contributed by atoms with E-state index in [0.717, 1.165) is 12.8 Å². The summed E-state index contributed by atoms with van der Waals surface area (Å²) < 4.78 is 38.8. The molecule has 1 atom stereocenters. The van der Waals surface area contributed by atoms with Gasteiger partial charge in [-0.1, -0.05) is 20.8 Å². The third kappa shape index (κ3) is 4.69. The first-order valence-corrected chi connectivity index (χ1v) is 6.80. The van der Waals surface area contributed by atoms with Gasteiger partial charge in [-0.2, -0.15) is 13.2 Å². The molecule has 0 saturated heterocycles. The lowest BCUT2D eigenvalue weighted by Gasteiger charge is -2.39. The zero-order chi connectivity index (χ0) is 14.8. The topological polar surface area (TPSA) is 37.3 Å². The number of hydrogen-bond donors (Lipinski definition) is 1. The number of halogens is 3. The minimum atomic E-state index is -4.41. The largest absolute Gasteiger partial charge is 0.481 e. The molecule has 0 aromatic carbocycles. The van der Waals surface area contributed by atoms with E-state index < -0.39 is 30.4 Å². The minimum absolute atomic E-state index is 0.117. The second-order valence-electron chi connectivity index (χ2n) is 6.72. The van der Waals surface area contributed by atoms with Crippen LogP contribution in [0.25, 0.3) is 0 Å². The number of carboxylic acid groups (broad SMARTS) is 1. The summed E-state index contributed by atoms with van der Waals surface area (Å²) in [4.78, 5) is 10.6. The molecule has 1 N–H and O–H groups in total. The van der Waals surface area contributed by atoms with E-state index in [9.17, 15) is 18.0 Å². The summed E-state index contributed by atoms with van der Waals surface area (Å²) in [6.45, 7) is 6.32. The molecule has 0 amide bonds. The zero-order valence-electron chi connectivity index (χ0n) is 11.8. The summed E-state index contributed by atoms with van der Waals surface area (Å²) in [5, 5.41) is 8.66. The van der Waals surface area contributed by atoms with E-state index in [0.29, 0.717) is 18.8 Å². The maximum absolute atomic E-state index is 12.9. The van der Waals surface area contributed by atoms with Gasteiger partial charge in [-0.15, -0.1) is 0 Å². The molecule has 1 aliphatic rings. The van der Waals surface area contributed by atoms with Gasteiger partial charge in [-0.3, -0.25) is 4.79 Å². The van der Waals surface area contributed by atoms with Crippen molar-refractivity contribution in [1.29, 1.82) is 0 Å². The molecule has 0 aromatic rings. The van der Waals surface area contributed by atoms with Crippen LogP contribution in [0.5, 0.6) is 0 Å². The van der Waals surface area contributed by atoms with Crippen molar-refractivity contribution >= 4 is 5.97 Å². The molecule has 1 aliphatic carbocycles. The fraction of sp³-hybridized carbons (Fsp3) is 0.929. The average molecular weight is 280 g/mol. The SMILES string of the molecule is CC(C)(C)C1CCC(C(CC(=O)O)C(F)(F)F)CC1. The third-order valence-electron chi connectivity index (χ3n) is 4.38. The van der Waals surface area contributed by atoms with Gasteiger partial charge in [0.2, 0.25) is 0 Å². The molecule has 1 saturated carbocycles. The molecular weight excluding hydrogens is 257 g/mol. The third-order valence-corrected chi connectivity index (χ3v) is 4.38. The first-order chi connectivity index (χ1) is 8.51. The van der Waals surface area contributed by atoms with Gasteiger partial charge < -0.3 is 5.11 Å². The summed E-state index contributed by atoms with van der Waals surface area (Å²) in [6, 6.07) is 0. The van der Waals surface area contributed by atoms with Gasteiger partial charge in [0.25, 0.3) is 0 Å². The smallest absolute Gasteiger partial charge is 0.392 e. The van der Waals surface area contributed by atoms with Crippen molar-refractivity contribution in [1.82, 2.24) is 0 Å². The van der Waals surface area contributed by atoms with E-state index in [-0.39, 0.29) is 5.41 Å². The fourth-order valence-electron chi connectivity index (χ4n) is 3.13. The number of aliphatic carboxylic acids is 1. The Morgan fingerprint density at radius 1 is 1.16 bits per heavy atom. The Kier molecular flexibility index (Phi) is 4.91. The molecular formula is C14H23F3O2. The highest BCUT2D eigenvalue weighted by molar-refractivity contribution is 5.67. The van der Waals surface area contributed by atoms with Crippen LogP contribution in [0.3, 0.4) is 0 Å². The van der Waals surface area contributed by atoms with Crippen LogP contribution in [0.2, 0.25) is 0 Å². The van der Waals surface area contributed by atoms with Gasteiger partial charge in [0, 0.05) is 0 Å². The summed E-state index contributed by atoms with van der Waals surface area (Å²) in [5.41, 5.74) is 0.117. The van der Waals surface area contributed by atoms with Crippen molar-refractivity contribution in [2.75, 3.05) is 0 Å². The molecule has 5 heteroatoms. The first kappa shape index (κ1) is 16.3. The number of carbonyl (C=O) groups is 1. The van der Waals surface area contributed by atoms with Crippen molar-refractivity contribution in [2.24, 2.45) is 23.2 Å². The van der Waals surface area contributed by atoms with Crippen molar-refractivity contribution in [3.63, 3.8) is 0 Å². The van der Waals surface area contributed by atoms with Gasteiger partial charge in [0.05, 0.1) is 12.3 Å². The van der Waals surface area contributed by atoms with E-state index in [1.54, 1.807) is 0 Å². The number of alkyl halides is 3. The average Bonchev–Trinajstić information content (AvgIpc) is 2.23. The summed E-state index contributed by atoms with van der Waals surface area (Å²) >= 11 is 0. The van der Waals surface area contributed by atoms with Crippen LogP contribution in [0.1, 0.15) is 52.9 Å². The normalized spacial score (nSPS) is 27.1. The minimum Gasteiger partial charge on any atom is -0.481 e. The van der Waals surface area contributed by atoms with Gasteiger partial charge in [0.1, 0.15) is 0 Å². The predicted octanol–water partition coefficient (Wildman–Crippen LogP) is 4.49. The Morgan fingerprint density at radius 2 is 1.63 bits per heavy atom. The fourth-order valence-corrected chi connectivity index (χ4v) is 3.13. The second kappa shape index (κ2) is 5.71. The Labute approximate surface area is 112 Å². The highest BCUT2D eigenvalue weighted by Crippen LogP contribution is 2.46. The quantitative estimate of drug-likeness (QED) is 0.827. The molecule has 1 fully saturated rings. The predicted molar refractivity (Wildman–Crippen MR) is 66.7 cm³/mol. The molecule has 2 nitrogen and oxygen atoms in total. The highest BCUT2D eigenvalue weighted by atomic mass is 19.4. The zero-order valence-corrected chi connectivity index (χ0v) is 11.8. The maximum atomic E-state index is 12.9. The van der Waals surface area contributed by atoms with Crippen LogP contribution in [0.15, 0.2) is 0 Å². The molecule has 0 spiro atoms. The van der Waals surface area contributed by atoms with E-state index in [4.69, 9.17) is 5.11 Å². The van der Waals surface area contributed by atoms with Crippen LogP contribution in [-0.2, 0) is 4.79 Å². The molecule has 0 radical (unpaired) electrons. The monoisotopic (exact) mass is 280 g/mol. The lowest BCUT2D eigenvalue weighted by Crippen LogP contribution is -2.36. The Hall–Kier alpha value is -0.740. The van der Waals surface area contributed by atoms with Crippen LogP contribution in [0, 0.1) is 23.2 Å². The molecule has 19 heavy (non-hydrogen) atoms. The van der Waals surface area contributed by atoms with Crippen LogP contribution in [0.4, 0.5) is 13.2 Å². The van der Waals surface area contributed by atoms with Crippen LogP contribution < -0.4 is 0 Å². The van der Waals surface area contributed by atoms with Gasteiger partial charge in [0.15, 0.2) is 0 Å². The van der Waals surface area contributed by atoms with E-state index in [2.05, 4.69) is 20.8 Å². The van der Waals surface area contributed by atoms with E-state index in [1.807, 2.05) is 0 Å². The molecule has 112 valence electrons. The number of carboxylic acids is 1. The maximum Gasteiger partial charge on any atom is 0.392 e. The van der Waals surface area contributed by atoms with Gasteiger partial charge in [-0.25, -0.2) is 0 Å². The number of hydrogen-bond acceptors (Lipinski definition) is 1. The second-order valence-corrected chi connectivity index (χ2v) is 6.72. The van der Waals surface area contributed by atoms with Crippen molar-refractivity contribution in [3.05, 3.63) is 0 Å². The Morgan fingerprint density at radius 3 is 1.95 bits per heavy atom. The highest BCUT2D eigenvalue weighted by Gasteiger charge is 2.47. The van der Waals surface area contributed by atoms with Gasteiger partial charge >= 0.3 is 12.1 Å². The molecule has 0 heterocycles. The summed E-state index contributed by atoms with van der Waals surface area (Å²) in [7, 11) is 0. The molecule has 0 aromatic heterocycles. The van der Waals surface area contributed by atoms with E-state index in [1.165, 1.54) is 0 Å². The first-order valence-electron chi connectivity index (χ1n) is 6.80. The Bertz CT molecular complexity index is 310. The molecule has 1 rings (SSSR count). The lowest BCUT2D eigenvalue weighted by atomic mass is 9.67. The van der Waals surface area contributed by atoms with Crippen LogP contribution in [-0.4, -0.2) is 17.3 Å². The number of rotatable bonds is 3. The molecule has 0 bridgehead atoms. The van der Waals surface area contributed by atoms with Crippen LogP contribution >= 0.6 is 0 Å². The molecule has 1 unspecified atom stereocenters. The Balaban J connectivity index is 2.67. The van der Waals surface area contributed by atoms with Crippen molar-refractivity contribution in [3.8, 4) is 0 Å². The van der Waals surface area contributed by atoms with E-state index >= 15 is 0 Å².